The van der Waals surface area contributed by atoms with E-state index < -0.39 is 0 Å². The zero-order valence-corrected chi connectivity index (χ0v) is 17.2. The molecule has 0 radical (unpaired) electrons. The Morgan fingerprint density at radius 2 is 1.66 bits per heavy atom. The molecule has 3 aromatic rings. The third-order valence-corrected chi connectivity index (χ3v) is 4.55. The third-order valence-electron chi connectivity index (χ3n) is 4.55. The van der Waals surface area contributed by atoms with Crippen molar-refractivity contribution in [3.05, 3.63) is 102 Å². The van der Waals surface area contributed by atoms with Crippen LogP contribution >= 0.6 is 0 Å². The topological polar surface area (TPSA) is 38.3 Å². The maximum atomic E-state index is 12.2. The predicted molar refractivity (Wildman–Crippen MR) is 120 cm³/mol. The molecule has 0 aliphatic heterocycles. The van der Waals surface area contributed by atoms with Crippen LogP contribution in [-0.2, 0) is 16.8 Å². The lowest BCUT2D eigenvalue weighted by Crippen LogP contribution is -2.12. The summed E-state index contributed by atoms with van der Waals surface area (Å²) in [6.07, 6.45) is 3.32. The molecule has 0 aliphatic rings. The van der Waals surface area contributed by atoms with Crippen molar-refractivity contribution in [2.75, 3.05) is 5.32 Å². The Balaban J connectivity index is 1.57. The smallest absolute Gasteiger partial charge is 0.248 e. The number of hydrogen-bond acceptors (Lipinski definition) is 2. The highest BCUT2D eigenvalue weighted by molar-refractivity contribution is 6.01. The Kier molecular flexibility index (Phi) is 6.50. The Morgan fingerprint density at radius 3 is 2.34 bits per heavy atom. The van der Waals surface area contributed by atoms with Gasteiger partial charge in [-0.3, -0.25) is 4.79 Å². The number of ether oxygens (including phenoxy) is 1. The number of amides is 1. The molecule has 0 atom stereocenters. The van der Waals surface area contributed by atoms with E-state index in [4.69, 9.17) is 4.74 Å². The molecule has 3 heteroatoms. The summed E-state index contributed by atoms with van der Waals surface area (Å²) in [5, 5.41) is 2.90. The maximum absolute atomic E-state index is 12.2. The summed E-state index contributed by atoms with van der Waals surface area (Å²) in [5.74, 6) is 0.610. The molecule has 0 heterocycles. The van der Waals surface area contributed by atoms with Crippen molar-refractivity contribution < 1.29 is 9.53 Å². The molecule has 3 rings (SSSR count). The Morgan fingerprint density at radius 1 is 0.931 bits per heavy atom. The fourth-order valence-corrected chi connectivity index (χ4v) is 2.86. The summed E-state index contributed by atoms with van der Waals surface area (Å²) in [5.41, 5.74) is 4.14. The van der Waals surface area contributed by atoms with E-state index >= 15 is 0 Å². The van der Waals surface area contributed by atoms with Crippen LogP contribution in [0.5, 0.6) is 5.75 Å². The van der Waals surface area contributed by atoms with Crippen molar-refractivity contribution in [2.24, 2.45) is 0 Å². The molecular formula is C26H27NO2. The number of hydrogen-bond donors (Lipinski definition) is 1. The van der Waals surface area contributed by atoms with Gasteiger partial charge < -0.3 is 10.1 Å². The molecule has 0 bridgehead atoms. The summed E-state index contributed by atoms with van der Waals surface area (Å²) in [7, 11) is 0. The largest absolute Gasteiger partial charge is 0.489 e. The third kappa shape index (κ3) is 6.35. The standard InChI is InChI=1S/C26H27NO2/c1-26(2,3)22-13-15-23(16-14-22)27-25(28)17-12-20-10-7-11-24(18-20)29-19-21-8-5-4-6-9-21/h4-18H,19H2,1-3H3,(H,27,28)/b17-12+. The minimum atomic E-state index is -0.163. The van der Waals surface area contributed by atoms with Crippen LogP contribution < -0.4 is 10.1 Å². The SMILES string of the molecule is CC(C)(C)c1ccc(NC(=O)/C=C/c2cccc(OCc3ccccc3)c2)cc1. The van der Waals surface area contributed by atoms with E-state index in [0.717, 1.165) is 22.6 Å². The number of rotatable bonds is 6. The molecule has 0 saturated carbocycles. The first-order valence-electron chi connectivity index (χ1n) is 9.76. The quantitative estimate of drug-likeness (QED) is 0.512. The van der Waals surface area contributed by atoms with E-state index in [-0.39, 0.29) is 11.3 Å². The lowest BCUT2D eigenvalue weighted by molar-refractivity contribution is -0.111. The van der Waals surface area contributed by atoms with Gasteiger partial charge in [0.25, 0.3) is 0 Å². The van der Waals surface area contributed by atoms with Gasteiger partial charge in [-0.25, -0.2) is 0 Å². The van der Waals surface area contributed by atoms with E-state index in [9.17, 15) is 4.79 Å². The number of benzene rings is 3. The minimum absolute atomic E-state index is 0.0933. The van der Waals surface area contributed by atoms with Crippen molar-refractivity contribution in [3.63, 3.8) is 0 Å². The number of carbonyl (C=O) groups is 1. The number of nitrogens with one attached hydrogen (secondary N) is 1. The molecule has 148 valence electrons. The van der Waals surface area contributed by atoms with Gasteiger partial charge in [0.2, 0.25) is 5.91 Å². The average Bonchev–Trinajstić information content (AvgIpc) is 2.72. The van der Waals surface area contributed by atoms with Crippen LogP contribution in [0.25, 0.3) is 6.08 Å². The first-order chi connectivity index (χ1) is 13.9. The van der Waals surface area contributed by atoms with Crippen molar-refractivity contribution >= 4 is 17.7 Å². The normalized spacial score (nSPS) is 11.4. The van der Waals surface area contributed by atoms with Gasteiger partial charge in [0, 0.05) is 11.8 Å². The minimum Gasteiger partial charge on any atom is -0.489 e. The van der Waals surface area contributed by atoms with Crippen LogP contribution in [0.4, 0.5) is 5.69 Å². The fraction of sp³-hybridized carbons (Fsp3) is 0.192. The second-order valence-electron chi connectivity index (χ2n) is 8.00. The highest BCUT2D eigenvalue weighted by Crippen LogP contribution is 2.23. The van der Waals surface area contributed by atoms with E-state index in [1.54, 1.807) is 6.08 Å². The van der Waals surface area contributed by atoms with Gasteiger partial charge in [-0.1, -0.05) is 75.4 Å². The van der Waals surface area contributed by atoms with Gasteiger partial charge in [0.1, 0.15) is 12.4 Å². The Hall–Kier alpha value is -3.33. The average molecular weight is 386 g/mol. The zero-order chi connectivity index (χ0) is 20.7. The zero-order valence-electron chi connectivity index (χ0n) is 17.2. The van der Waals surface area contributed by atoms with Crippen LogP contribution in [0.1, 0.15) is 37.5 Å². The van der Waals surface area contributed by atoms with Crippen LogP contribution in [-0.4, -0.2) is 5.91 Å². The molecule has 0 spiro atoms. The molecule has 0 aliphatic carbocycles. The van der Waals surface area contributed by atoms with Gasteiger partial charge in [-0.05, 0) is 52.4 Å². The lowest BCUT2D eigenvalue weighted by atomic mass is 9.87. The van der Waals surface area contributed by atoms with Crippen LogP contribution in [0.3, 0.4) is 0 Å². The molecule has 0 fully saturated rings. The summed E-state index contributed by atoms with van der Waals surface area (Å²) < 4.78 is 5.84. The first-order valence-corrected chi connectivity index (χ1v) is 9.76. The van der Waals surface area contributed by atoms with Gasteiger partial charge in [-0.15, -0.1) is 0 Å². The van der Waals surface area contributed by atoms with E-state index in [0.29, 0.717) is 6.61 Å². The number of carbonyl (C=O) groups excluding carboxylic acids is 1. The summed E-state index contributed by atoms with van der Waals surface area (Å²) >= 11 is 0. The summed E-state index contributed by atoms with van der Waals surface area (Å²) in [4.78, 5) is 12.2. The highest BCUT2D eigenvalue weighted by atomic mass is 16.5. The van der Waals surface area contributed by atoms with E-state index in [1.807, 2.05) is 78.9 Å². The molecule has 0 saturated heterocycles. The van der Waals surface area contributed by atoms with E-state index in [2.05, 4.69) is 26.1 Å². The van der Waals surface area contributed by atoms with Crippen LogP contribution in [0.15, 0.2) is 84.9 Å². The first kappa shape index (κ1) is 20.4. The monoisotopic (exact) mass is 385 g/mol. The summed E-state index contributed by atoms with van der Waals surface area (Å²) in [6, 6.07) is 25.7. The molecule has 1 N–H and O–H groups in total. The fourth-order valence-electron chi connectivity index (χ4n) is 2.86. The number of anilines is 1. The molecule has 0 unspecified atom stereocenters. The van der Waals surface area contributed by atoms with Crippen molar-refractivity contribution in [1.29, 1.82) is 0 Å². The molecule has 0 aromatic heterocycles. The van der Waals surface area contributed by atoms with Crippen LogP contribution in [0, 0.1) is 0 Å². The molecular weight excluding hydrogens is 358 g/mol. The van der Waals surface area contributed by atoms with Crippen molar-refractivity contribution in [2.45, 2.75) is 32.8 Å². The van der Waals surface area contributed by atoms with Crippen LogP contribution in [0.2, 0.25) is 0 Å². The molecule has 3 nitrogen and oxygen atoms in total. The maximum Gasteiger partial charge on any atom is 0.248 e. The highest BCUT2D eigenvalue weighted by Gasteiger charge is 2.12. The second kappa shape index (κ2) is 9.24. The molecule has 29 heavy (non-hydrogen) atoms. The van der Waals surface area contributed by atoms with Crippen molar-refractivity contribution in [3.8, 4) is 5.75 Å². The van der Waals surface area contributed by atoms with Gasteiger partial charge in [0.05, 0.1) is 0 Å². The molecule has 1 amide bonds. The Labute approximate surface area is 173 Å². The summed E-state index contributed by atoms with van der Waals surface area (Å²) in [6.45, 7) is 7.02. The lowest BCUT2D eigenvalue weighted by Gasteiger charge is -2.19. The Bertz CT molecular complexity index is 968. The van der Waals surface area contributed by atoms with Gasteiger partial charge in [-0.2, -0.15) is 0 Å². The van der Waals surface area contributed by atoms with Crippen molar-refractivity contribution in [1.82, 2.24) is 0 Å². The molecule has 3 aromatic carbocycles. The van der Waals surface area contributed by atoms with E-state index in [1.165, 1.54) is 11.6 Å². The van der Waals surface area contributed by atoms with Gasteiger partial charge >= 0.3 is 0 Å². The second-order valence-corrected chi connectivity index (χ2v) is 8.00. The predicted octanol–water partition coefficient (Wildman–Crippen LogP) is 6.22. The van der Waals surface area contributed by atoms with Gasteiger partial charge in [0.15, 0.2) is 0 Å².